The Kier molecular flexibility index (Phi) is 3.18. The van der Waals surface area contributed by atoms with Gasteiger partial charge in [0.2, 0.25) is 5.95 Å². The van der Waals surface area contributed by atoms with Gasteiger partial charge in [-0.1, -0.05) is 11.2 Å². The molecule has 2 heterocycles. The first kappa shape index (κ1) is 11.8. The van der Waals surface area contributed by atoms with E-state index in [-0.39, 0.29) is 0 Å². The molecule has 0 spiro atoms. The summed E-state index contributed by atoms with van der Waals surface area (Å²) >= 11 is 0. The molecule has 0 unspecified atom stereocenters. The van der Waals surface area contributed by atoms with Crippen molar-refractivity contribution in [1.82, 2.24) is 20.2 Å². The van der Waals surface area contributed by atoms with Crippen LogP contribution in [0.15, 0.2) is 18.2 Å². The van der Waals surface area contributed by atoms with E-state index in [2.05, 4.69) is 20.8 Å². The summed E-state index contributed by atoms with van der Waals surface area (Å²) in [6.07, 6.45) is 0. The summed E-state index contributed by atoms with van der Waals surface area (Å²) in [6, 6.07) is 5.90. The van der Waals surface area contributed by atoms with Crippen LogP contribution in [-0.2, 0) is 13.1 Å². The van der Waals surface area contributed by atoms with Crippen molar-refractivity contribution >= 4 is 5.95 Å². The molecule has 0 saturated heterocycles. The molecule has 1 aliphatic heterocycles. The van der Waals surface area contributed by atoms with E-state index in [4.69, 9.17) is 9.47 Å². The number of aryl methyl sites for hydroxylation is 1. The summed E-state index contributed by atoms with van der Waals surface area (Å²) in [5.74, 6) is 2.26. The van der Waals surface area contributed by atoms with Gasteiger partial charge in [-0.15, -0.1) is 0 Å². The zero-order valence-corrected chi connectivity index (χ0v) is 10.7. The number of tetrazole rings is 1. The first-order chi connectivity index (χ1) is 9.36. The summed E-state index contributed by atoms with van der Waals surface area (Å²) in [7, 11) is 0. The molecule has 0 atom stereocenters. The van der Waals surface area contributed by atoms with Crippen molar-refractivity contribution in [2.24, 2.45) is 0 Å². The molecular formula is C12H15N5O2. The van der Waals surface area contributed by atoms with Crippen LogP contribution < -0.4 is 14.8 Å². The standard InChI is InChI=1S/C12H15N5O2/c1-2-17-12(14-15-16-17)13-8-9-3-4-10-11(7-9)19-6-5-18-10/h3-4,7H,2,5-6,8H2,1H3,(H,13,14,16). The predicted molar refractivity (Wildman–Crippen MR) is 68.2 cm³/mol. The van der Waals surface area contributed by atoms with Crippen LogP contribution in [0.2, 0.25) is 0 Å². The van der Waals surface area contributed by atoms with Crippen LogP contribution in [0.4, 0.5) is 5.95 Å². The minimum Gasteiger partial charge on any atom is -0.486 e. The van der Waals surface area contributed by atoms with Crippen molar-refractivity contribution in [2.45, 2.75) is 20.0 Å². The number of hydrogen-bond donors (Lipinski definition) is 1. The zero-order valence-electron chi connectivity index (χ0n) is 10.7. The topological polar surface area (TPSA) is 74.1 Å². The molecule has 3 rings (SSSR count). The highest BCUT2D eigenvalue weighted by Crippen LogP contribution is 2.30. The first-order valence-corrected chi connectivity index (χ1v) is 6.25. The maximum atomic E-state index is 5.55. The van der Waals surface area contributed by atoms with Crippen molar-refractivity contribution in [1.29, 1.82) is 0 Å². The number of anilines is 1. The van der Waals surface area contributed by atoms with Crippen molar-refractivity contribution in [3.8, 4) is 11.5 Å². The summed E-state index contributed by atoms with van der Waals surface area (Å²) in [6.45, 7) is 4.56. The van der Waals surface area contributed by atoms with Gasteiger partial charge in [0.05, 0.1) is 0 Å². The van der Waals surface area contributed by atoms with E-state index in [0.717, 1.165) is 23.6 Å². The molecule has 0 fully saturated rings. The van der Waals surface area contributed by atoms with E-state index in [1.54, 1.807) is 4.68 Å². The second-order valence-electron chi connectivity index (χ2n) is 4.15. The number of benzene rings is 1. The molecule has 0 radical (unpaired) electrons. The lowest BCUT2D eigenvalue weighted by atomic mass is 10.2. The monoisotopic (exact) mass is 261 g/mol. The highest BCUT2D eigenvalue weighted by atomic mass is 16.6. The number of nitrogens with zero attached hydrogens (tertiary/aromatic N) is 4. The second-order valence-corrected chi connectivity index (χ2v) is 4.15. The van der Waals surface area contributed by atoms with Gasteiger partial charge in [0.1, 0.15) is 13.2 Å². The SMILES string of the molecule is CCn1nnnc1NCc1ccc2c(c1)OCCO2. The molecule has 0 bridgehead atoms. The van der Waals surface area contributed by atoms with Crippen molar-refractivity contribution in [3.05, 3.63) is 23.8 Å². The molecule has 1 aliphatic rings. The second kappa shape index (κ2) is 5.13. The van der Waals surface area contributed by atoms with Crippen LogP contribution in [0.5, 0.6) is 11.5 Å². The summed E-state index contributed by atoms with van der Waals surface area (Å²) in [4.78, 5) is 0. The maximum Gasteiger partial charge on any atom is 0.243 e. The fraction of sp³-hybridized carbons (Fsp3) is 0.417. The quantitative estimate of drug-likeness (QED) is 0.887. The van der Waals surface area contributed by atoms with Crippen LogP contribution >= 0.6 is 0 Å². The van der Waals surface area contributed by atoms with Crippen molar-refractivity contribution in [2.75, 3.05) is 18.5 Å². The summed E-state index contributed by atoms with van der Waals surface area (Å²) < 4.78 is 12.7. The maximum absolute atomic E-state index is 5.55. The number of rotatable bonds is 4. The van der Waals surface area contributed by atoms with E-state index in [1.165, 1.54) is 0 Å². The first-order valence-electron chi connectivity index (χ1n) is 6.25. The minimum absolute atomic E-state index is 0.595. The third kappa shape index (κ3) is 2.44. The lowest BCUT2D eigenvalue weighted by molar-refractivity contribution is 0.171. The Hall–Kier alpha value is -2.31. The van der Waals surface area contributed by atoms with E-state index in [0.29, 0.717) is 25.7 Å². The molecule has 1 aromatic carbocycles. The smallest absolute Gasteiger partial charge is 0.243 e. The van der Waals surface area contributed by atoms with Crippen LogP contribution in [0, 0.1) is 0 Å². The van der Waals surface area contributed by atoms with Gasteiger partial charge in [0.15, 0.2) is 11.5 Å². The normalized spacial score (nSPS) is 13.3. The molecule has 0 amide bonds. The fourth-order valence-electron chi connectivity index (χ4n) is 1.92. The van der Waals surface area contributed by atoms with Gasteiger partial charge in [0.25, 0.3) is 0 Å². The Morgan fingerprint density at radius 3 is 2.95 bits per heavy atom. The Morgan fingerprint density at radius 1 is 1.26 bits per heavy atom. The van der Waals surface area contributed by atoms with Gasteiger partial charge in [-0.25, -0.2) is 4.68 Å². The molecule has 2 aromatic rings. The van der Waals surface area contributed by atoms with Gasteiger partial charge in [-0.3, -0.25) is 0 Å². The summed E-state index contributed by atoms with van der Waals surface area (Å²) in [5, 5.41) is 14.6. The van der Waals surface area contributed by atoms with Crippen molar-refractivity contribution < 1.29 is 9.47 Å². The van der Waals surface area contributed by atoms with Gasteiger partial charge in [0, 0.05) is 13.1 Å². The molecule has 19 heavy (non-hydrogen) atoms. The molecule has 0 saturated carbocycles. The number of aromatic nitrogens is 4. The van der Waals surface area contributed by atoms with Gasteiger partial charge >= 0.3 is 0 Å². The van der Waals surface area contributed by atoms with Crippen molar-refractivity contribution in [3.63, 3.8) is 0 Å². The molecule has 1 N–H and O–H groups in total. The minimum atomic E-state index is 0.595. The third-order valence-electron chi connectivity index (χ3n) is 2.89. The number of fused-ring (bicyclic) bond motifs is 1. The van der Waals surface area contributed by atoms with Crippen LogP contribution in [0.3, 0.4) is 0 Å². The van der Waals surface area contributed by atoms with Gasteiger partial charge in [-0.05, 0) is 35.0 Å². The molecule has 7 heteroatoms. The Balaban J connectivity index is 1.70. The lowest BCUT2D eigenvalue weighted by Gasteiger charge is -2.18. The molecule has 7 nitrogen and oxygen atoms in total. The van der Waals surface area contributed by atoms with E-state index < -0.39 is 0 Å². The number of ether oxygens (including phenoxy) is 2. The zero-order chi connectivity index (χ0) is 13.1. The molecule has 0 aliphatic carbocycles. The van der Waals surface area contributed by atoms with E-state index in [9.17, 15) is 0 Å². The predicted octanol–water partition coefficient (Wildman–Crippen LogP) is 1.08. The lowest BCUT2D eigenvalue weighted by Crippen LogP contribution is -2.15. The Morgan fingerprint density at radius 2 is 2.11 bits per heavy atom. The van der Waals surface area contributed by atoms with Crippen LogP contribution in [0.25, 0.3) is 0 Å². The van der Waals surface area contributed by atoms with E-state index >= 15 is 0 Å². The average molecular weight is 261 g/mol. The average Bonchev–Trinajstić information content (AvgIpc) is 2.92. The Bertz CT molecular complexity index is 569. The van der Waals surface area contributed by atoms with Crippen LogP contribution in [0.1, 0.15) is 12.5 Å². The molecule has 100 valence electrons. The van der Waals surface area contributed by atoms with E-state index in [1.807, 2.05) is 25.1 Å². The highest BCUT2D eigenvalue weighted by molar-refractivity contribution is 5.44. The largest absolute Gasteiger partial charge is 0.486 e. The molecular weight excluding hydrogens is 246 g/mol. The fourth-order valence-corrected chi connectivity index (χ4v) is 1.92. The van der Waals surface area contributed by atoms with Gasteiger partial charge < -0.3 is 14.8 Å². The Labute approximate surface area is 110 Å². The van der Waals surface area contributed by atoms with Gasteiger partial charge in [-0.2, -0.15) is 0 Å². The number of nitrogens with one attached hydrogen (secondary N) is 1. The summed E-state index contributed by atoms with van der Waals surface area (Å²) in [5.41, 5.74) is 1.09. The number of hydrogen-bond acceptors (Lipinski definition) is 6. The molecule has 1 aromatic heterocycles. The van der Waals surface area contributed by atoms with Crippen LogP contribution in [-0.4, -0.2) is 33.4 Å². The highest BCUT2D eigenvalue weighted by Gasteiger charge is 2.12. The third-order valence-corrected chi connectivity index (χ3v) is 2.89.